The molecule has 2 atom stereocenters. The number of ether oxygens (including phenoxy) is 2. The molecule has 4 aromatic carbocycles. The number of carboxylic acid groups (broad SMARTS) is 1. The maximum Gasteiger partial charge on any atom is 0.308 e. The molecule has 0 aliphatic carbocycles. The van der Waals surface area contributed by atoms with E-state index in [2.05, 4.69) is 12.1 Å². The van der Waals surface area contributed by atoms with Crippen molar-refractivity contribution in [2.45, 2.75) is 42.2 Å². The zero-order valence-electron chi connectivity index (χ0n) is 23.4. The van der Waals surface area contributed by atoms with Gasteiger partial charge in [-0.05, 0) is 53.6 Å². The summed E-state index contributed by atoms with van der Waals surface area (Å²) in [5, 5.41) is 9.08. The van der Waals surface area contributed by atoms with Crippen molar-refractivity contribution in [3.05, 3.63) is 114 Å². The Hall–Kier alpha value is -4.10. The number of hydrogen-bond donors (Lipinski definition) is 1. The van der Waals surface area contributed by atoms with Gasteiger partial charge in [0.1, 0.15) is 5.25 Å². The third-order valence-corrected chi connectivity index (χ3v) is 9.55. The number of methoxy groups -OCH3 is 2. The Labute approximate surface area is 242 Å². The van der Waals surface area contributed by atoms with Gasteiger partial charge in [0.2, 0.25) is 0 Å². The van der Waals surface area contributed by atoms with E-state index in [-0.39, 0.29) is 17.1 Å². The van der Waals surface area contributed by atoms with Crippen LogP contribution in [0.1, 0.15) is 42.1 Å². The van der Waals surface area contributed by atoms with Crippen molar-refractivity contribution in [3.8, 4) is 22.6 Å². The minimum absolute atomic E-state index is 0.0115. The molecule has 41 heavy (non-hydrogen) atoms. The Bertz CT molecular complexity index is 1520. The second kappa shape index (κ2) is 14.0. The first-order chi connectivity index (χ1) is 19.8. The highest BCUT2D eigenvalue weighted by molar-refractivity contribution is 7.91. The second-order valence-electron chi connectivity index (χ2n) is 10.0. The fourth-order valence-electron chi connectivity index (χ4n) is 5.18. The number of benzene rings is 4. The molecule has 0 spiro atoms. The normalized spacial score (nSPS) is 12.8. The molecule has 4 aromatic rings. The van der Waals surface area contributed by atoms with Crippen LogP contribution in [-0.4, -0.2) is 33.7 Å². The molecule has 0 aliphatic rings. The van der Waals surface area contributed by atoms with E-state index in [1.165, 1.54) is 38.0 Å². The lowest BCUT2D eigenvalue weighted by atomic mass is 9.91. The van der Waals surface area contributed by atoms with Gasteiger partial charge in [0.05, 0.1) is 25.0 Å². The zero-order valence-corrected chi connectivity index (χ0v) is 24.2. The van der Waals surface area contributed by atoms with Crippen LogP contribution in [0, 0.1) is 5.92 Å². The molecule has 4 rings (SSSR count). The van der Waals surface area contributed by atoms with Gasteiger partial charge in [0.25, 0.3) is 0 Å². The van der Waals surface area contributed by atoms with Crippen molar-refractivity contribution >= 4 is 15.8 Å². The molecule has 7 heteroatoms. The Morgan fingerprint density at radius 3 is 1.95 bits per heavy atom. The summed E-state index contributed by atoms with van der Waals surface area (Å²) >= 11 is 0. The molecular formula is C34H36O6S. The molecule has 214 valence electrons. The molecular weight excluding hydrogens is 536 g/mol. The van der Waals surface area contributed by atoms with Gasteiger partial charge >= 0.3 is 5.97 Å². The number of unbranched alkanes of at least 4 members (excludes halogenated alkanes) is 2. The van der Waals surface area contributed by atoms with Crippen LogP contribution in [0.5, 0.6) is 11.5 Å². The average molecular weight is 573 g/mol. The third-order valence-electron chi connectivity index (χ3n) is 7.37. The quantitative estimate of drug-likeness (QED) is 0.159. The lowest BCUT2D eigenvalue weighted by Gasteiger charge is -2.25. The van der Waals surface area contributed by atoms with Gasteiger partial charge in [-0.3, -0.25) is 4.79 Å². The third kappa shape index (κ3) is 7.35. The summed E-state index contributed by atoms with van der Waals surface area (Å²) in [6.45, 7) is 0. The Balaban J connectivity index is 1.65. The molecule has 1 N–H and O–H groups in total. The van der Waals surface area contributed by atoms with Gasteiger partial charge in [-0.1, -0.05) is 97.8 Å². The molecule has 0 radical (unpaired) electrons. The van der Waals surface area contributed by atoms with Crippen LogP contribution in [-0.2, 0) is 21.1 Å². The smallest absolute Gasteiger partial charge is 0.308 e. The van der Waals surface area contributed by atoms with E-state index in [0.29, 0.717) is 17.7 Å². The minimum Gasteiger partial charge on any atom is -0.493 e. The largest absolute Gasteiger partial charge is 0.493 e. The Morgan fingerprint density at radius 2 is 1.34 bits per heavy atom. The number of aliphatic carboxylic acids is 1. The topological polar surface area (TPSA) is 89.9 Å². The van der Waals surface area contributed by atoms with E-state index in [0.717, 1.165) is 30.4 Å². The second-order valence-corrected chi connectivity index (χ2v) is 12.1. The van der Waals surface area contributed by atoms with Gasteiger partial charge in [0.15, 0.2) is 21.3 Å². The predicted octanol–water partition coefficient (Wildman–Crippen LogP) is 7.39. The van der Waals surface area contributed by atoms with Crippen molar-refractivity contribution in [2.24, 2.45) is 5.92 Å². The molecule has 0 saturated carbocycles. The number of hydrogen-bond acceptors (Lipinski definition) is 5. The standard InChI is InChI=1S/C34H36O6S/c1-39-31-23-22-29(24-32(31)40-2)41(37,38)33(28-20-18-27(19-21-28)26-15-9-5-10-16-26)30(34(35)36)17-11-4-8-14-25-12-6-3-7-13-25/h3,5-7,9-10,12-13,15-16,18-24,30,33H,4,8,11,14,17H2,1-2H3,(H,35,36). The number of carboxylic acids is 1. The Kier molecular flexibility index (Phi) is 10.2. The monoisotopic (exact) mass is 572 g/mol. The summed E-state index contributed by atoms with van der Waals surface area (Å²) in [7, 11) is -1.23. The van der Waals surface area contributed by atoms with E-state index in [1.807, 2.05) is 60.7 Å². The van der Waals surface area contributed by atoms with E-state index >= 15 is 0 Å². The van der Waals surface area contributed by atoms with E-state index in [1.54, 1.807) is 12.1 Å². The van der Waals surface area contributed by atoms with Gasteiger partial charge in [-0.15, -0.1) is 0 Å². The van der Waals surface area contributed by atoms with E-state index in [9.17, 15) is 18.3 Å². The summed E-state index contributed by atoms with van der Waals surface area (Å²) < 4.78 is 39.1. The fourth-order valence-corrected chi connectivity index (χ4v) is 7.21. The van der Waals surface area contributed by atoms with Crippen LogP contribution in [0.25, 0.3) is 11.1 Å². The first-order valence-corrected chi connectivity index (χ1v) is 15.3. The van der Waals surface area contributed by atoms with Gasteiger partial charge in [0, 0.05) is 6.07 Å². The summed E-state index contributed by atoms with van der Waals surface area (Å²) in [5.41, 5.74) is 3.58. The van der Waals surface area contributed by atoms with Crippen LogP contribution < -0.4 is 9.47 Å². The molecule has 0 amide bonds. The van der Waals surface area contributed by atoms with Crippen LogP contribution >= 0.6 is 0 Å². The summed E-state index contributed by atoms with van der Waals surface area (Å²) in [4.78, 5) is 12.7. The molecule has 0 aliphatic heterocycles. The number of sulfone groups is 1. The van der Waals surface area contributed by atoms with Gasteiger partial charge in [-0.2, -0.15) is 0 Å². The summed E-state index contributed by atoms with van der Waals surface area (Å²) in [5.74, 6) is -1.61. The molecule has 2 unspecified atom stereocenters. The van der Waals surface area contributed by atoms with Crippen LogP contribution in [0.2, 0.25) is 0 Å². The minimum atomic E-state index is -4.14. The van der Waals surface area contributed by atoms with E-state index in [4.69, 9.17) is 9.47 Å². The summed E-state index contributed by atoms with van der Waals surface area (Å²) in [6.07, 6.45) is 3.43. The summed E-state index contributed by atoms with van der Waals surface area (Å²) in [6, 6.07) is 31.4. The van der Waals surface area contributed by atoms with Gasteiger partial charge in [-0.25, -0.2) is 8.42 Å². The number of rotatable bonds is 14. The highest BCUT2D eigenvalue weighted by Gasteiger charge is 2.40. The first-order valence-electron chi connectivity index (χ1n) is 13.7. The molecule has 6 nitrogen and oxygen atoms in total. The van der Waals surface area contributed by atoms with Crippen molar-refractivity contribution in [1.82, 2.24) is 0 Å². The molecule has 0 saturated heterocycles. The zero-order chi connectivity index (χ0) is 29.2. The maximum absolute atomic E-state index is 14.2. The molecule has 0 fully saturated rings. The van der Waals surface area contributed by atoms with Crippen LogP contribution in [0.3, 0.4) is 0 Å². The van der Waals surface area contributed by atoms with Gasteiger partial charge < -0.3 is 14.6 Å². The van der Waals surface area contributed by atoms with Crippen molar-refractivity contribution in [1.29, 1.82) is 0 Å². The maximum atomic E-state index is 14.2. The SMILES string of the molecule is COc1ccc(S(=O)(=O)C(c2ccc(-c3ccccc3)cc2)C(CCCCCc2ccccc2)C(=O)O)cc1OC. The average Bonchev–Trinajstić information content (AvgIpc) is 3.00. The molecule has 0 heterocycles. The number of aryl methyl sites for hydroxylation is 1. The van der Waals surface area contributed by atoms with Crippen molar-refractivity contribution < 1.29 is 27.8 Å². The van der Waals surface area contributed by atoms with Crippen LogP contribution in [0.4, 0.5) is 0 Å². The lowest BCUT2D eigenvalue weighted by Crippen LogP contribution is -2.28. The Morgan fingerprint density at radius 1 is 0.732 bits per heavy atom. The lowest BCUT2D eigenvalue weighted by molar-refractivity contribution is -0.142. The molecule has 0 bridgehead atoms. The highest BCUT2D eigenvalue weighted by atomic mass is 32.2. The molecule has 0 aromatic heterocycles. The first kappa shape index (κ1) is 29.9. The van der Waals surface area contributed by atoms with Crippen LogP contribution in [0.15, 0.2) is 108 Å². The number of carbonyl (C=O) groups is 1. The van der Waals surface area contributed by atoms with Crippen molar-refractivity contribution in [3.63, 3.8) is 0 Å². The highest BCUT2D eigenvalue weighted by Crippen LogP contribution is 2.41. The predicted molar refractivity (Wildman–Crippen MR) is 161 cm³/mol. The van der Waals surface area contributed by atoms with Crippen molar-refractivity contribution in [2.75, 3.05) is 14.2 Å². The van der Waals surface area contributed by atoms with E-state index < -0.39 is 27.0 Å². The fraction of sp³-hybridized carbons (Fsp3) is 0.265.